The number of sulfonamides is 1. The van der Waals surface area contributed by atoms with E-state index >= 15 is 0 Å². The summed E-state index contributed by atoms with van der Waals surface area (Å²) in [6.07, 6.45) is -1.10. The van der Waals surface area contributed by atoms with Crippen molar-refractivity contribution in [3.05, 3.63) is 89.5 Å². The van der Waals surface area contributed by atoms with E-state index in [-0.39, 0.29) is 12.3 Å². The Bertz CT molecular complexity index is 1320. The molecule has 1 unspecified atom stereocenters. The van der Waals surface area contributed by atoms with Crippen LogP contribution in [0.25, 0.3) is 0 Å². The van der Waals surface area contributed by atoms with Gasteiger partial charge in [0.25, 0.3) is 5.91 Å². The number of fused-ring (bicyclic) bond motifs is 1. The fourth-order valence-corrected chi connectivity index (χ4v) is 5.36. The Hall–Kier alpha value is -3.85. The molecule has 4 rings (SSSR count). The summed E-state index contributed by atoms with van der Waals surface area (Å²) in [5.74, 6) is -0.962. The fourth-order valence-electron chi connectivity index (χ4n) is 3.78. The van der Waals surface area contributed by atoms with Crippen molar-refractivity contribution in [1.29, 1.82) is 0 Å². The standard InChI is InChI=1S/C25H24N2O6S/c1-17-19(25(29)32-2)11-8-12-20(17)26-24(28)23-15-27(21-13-6-7-14-22(21)33-23)34(30,31)16-18-9-4-3-5-10-18/h3-14,23H,15-16H2,1-2H3,(H,26,28). The molecule has 1 atom stereocenters. The maximum Gasteiger partial charge on any atom is 0.338 e. The number of nitrogens with zero attached hydrogens (tertiary/aromatic N) is 1. The van der Waals surface area contributed by atoms with Gasteiger partial charge in [0.05, 0.1) is 30.7 Å². The maximum absolute atomic E-state index is 13.3. The van der Waals surface area contributed by atoms with Crippen molar-refractivity contribution in [3.8, 4) is 5.75 Å². The monoisotopic (exact) mass is 480 g/mol. The summed E-state index contributed by atoms with van der Waals surface area (Å²) in [7, 11) is -2.52. The highest BCUT2D eigenvalue weighted by atomic mass is 32.2. The fraction of sp³-hybridized carbons (Fsp3) is 0.200. The number of anilines is 2. The molecule has 0 aromatic heterocycles. The quantitative estimate of drug-likeness (QED) is 0.542. The molecule has 0 fully saturated rings. The number of ether oxygens (including phenoxy) is 2. The molecule has 0 radical (unpaired) electrons. The van der Waals surface area contributed by atoms with E-state index in [0.717, 1.165) is 0 Å². The number of esters is 1. The first-order valence-corrected chi connectivity index (χ1v) is 12.2. The number of carbonyl (C=O) groups is 2. The van der Waals surface area contributed by atoms with Crippen molar-refractivity contribution in [2.75, 3.05) is 23.3 Å². The van der Waals surface area contributed by atoms with Gasteiger partial charge in [-0.15, -0.1) is 0 Å². The highest BCUT2D eigenvalue weighted by molar-refractivity contribution is 7.92. The van der Waals surface area contributed by atoms with Gasteiger partial charge in [-0.05, 0) is 42.3 Å². The number of nitrogens with one attached hydrogen (secondary N) is 1. The average molecular weight is 481 g/mol. The third-order valence-electron chi connectivity index (χ3n) is 5.55. The Morgan fingerprint density at radius 1 is 1.03 bits per heavy atom. The van der Waals surface area contributed by atoms with Crippen molar-refractivity contribution < 1.29 is 27.5 Å². The SMILES string of the molecule is COC(=O)c1cccc(NC(=O)C2CN(S(=O)(=O)Cc3ccccc3)c3ccccc3O2)c1C. The van der Waals surface area contributed by atoms with Crippen molar-refractivity contribution in [3.63, 3.8) is 0 Å². The van der Waals surface area contributed by atoms with Gasteiger partial charge in [0.2, 0.25) is 10.0 Å². The number of amides is 1. The van der Waals surface area contributed by atoms with Gasteiger partial charge in [-0.2, -0.15) is 0 Å². The van der Waals surface area contributed by atoms with Crippen LogP contribution in [0.3, 0.4) is 0 Å². The van der Waals surface area contributed by atoms with E-state index in [0.29, 0.717) is 33.8 Å². The Kier molecular flexibility index (Phi) is 6.56. The number of para-hydroxylation sites is 2. The summed E-state index contributed by atoms with van der Waals surface area (Å²) in [5, 5.41) is 2.76. The molecule has 1 aliphatic heterocycles. The molecule has 9 heteroatoms. The molecule has 3 aromatic carbocycles. The zero-order valence-corrected chi connectivity index (χ0v) is 19.5. The summed E-state index contributed by atoms with van der Waals surface area (Å²) in [6.45, 7) is 1.50. The minimum Gasteiger partial charge on any atom is -0.476 e. The van der Waals surface area contributed by atoms with Crippen LogP contribution in [0.2, 0.25) is 0 Å². The lowest BCUT2D eigenvalue weighted by molar-refractivity contribution is -0.122. The molecule has 0 bridgehead atoms. The number of benzene rings is 3. The molecule has 1 aliphatic rings. The highest BCUT2D eigenvalue weighted by Crippen LogP contribution is 2.36. The molecule has 1 amide bonds. The van der Waals surface area contributed by atoms with E-state index in [2.05, 4.69) is 5.32 Å². The van der Waals surface area contributed by atoms with Gasteiger partial charge < -0.3 is 14.8 Å². The number of carbonyl (C=O) groups excluding carboxylic acids is 2. The van der Waals surface area contributed by atoms with Crippen LogP contribution in [0.15, 0.2) is 72.8 Å². The van der Waals surface area contributed by atoms with Crippen molar-refractivity contribution in [2.24, 2.45) is 0 Å². The van der Waals surface area contributed by atoms with E-state index in [9.17, 15) is 18.0 Å². The summed E-state index contributed by atoms with van der Waals surface area (Å²) in [5.41, 5.74) is 2.29. The van der Waals surface area contributed by atoms with Gasteiger partial charge in [-0.25, -0.2) is 13.2 Å². The minimum atomic E-state index is -3.81. The zero-order chi connectivity index (χ0) is 24.3. The molecular weight excluding hydrogens is 456 g/mol. The van der Waals surface area contributed by atoms with Gasteiger partial charge >= 0.3 is 5.97 Å². The summed E-state index contributed by atoms with van der Waals surface area (Å²) >= 11 is 0. The van der Waals surface area contributed by atoms with Gasteiger partial charge in [-0.3, -0.25) is 9.10 Å². The van der Waals surface area contributed by atoms with Crippen LogP contribution in [-0.4, -0.2) is 40.1 Å². The van der Waals surface area contributed by atoms with E-state index < -0.39 is 28.0 Å². The summed E-state index contributed by atoms with van der Waals surface area (Å²) in [6, 6.07) is 20.4. The van der Waals surface area contributed by atoms with Crippen molar-refractivity contribution >= 4 is 33.3 Å². The molecule has 3 aromatic rings. The van der Waals surface area contributed by atoms with E-state index in [1.807, 2.05) is 6.07 Å². The maximum atomic E-state index is 13.3. The molecule has 0 saturated carbocycles. The Balaban J connectivity index is 1.61. The topological polar surface area (TPSA) is 102 Å². The van der Waals surface area contributed by atoms with Crippen LogP contribution in [0.5, 0.6) is 5.75 Å². The summed E-state index contributed by atoms with van der Waals surface area (Å²) < 4.78 is 38.6. The van der Waals surface area contributed by atoms with Gasteiger partial charge in [-0.1, -0.05) is 48.5 Å². The lowest BCUT2D eigenvalue weighted by Gasteiger charge is -2.34. The lowest BCUT2D eigenvalue weighted by atomic mass is 10.1. The molecule has 0 aliphatic carbocycles. The first-order chi connectivity index (χ1) is 16.3. The lowest BCUT2D eigenvalue weighted by Crippen LogP contribution is -2.49. The van der Waals surface area contributed by atoms with E-state index in [1.54, 1.807) is 73.7 Å². The largest absolute Gasteiger partial charge is 0.476 e. The van der Waals surface area contributed by atoms with Gasteiger partial charge in [0.1, 0.15) is 5.75 Å². The number of hydrogen-bond acceptors (Lipinski definition) is 6. The second-order valence-corrected chi connectivity index (χ2v) is 9.70. The van der Waals surface area contributed by atoms with Crippen LogP contribution in [-0.2, 0) is 25.3 Å². The van der Waals surface area contributed by atoms with Gasteiger partial charge in [0.15, 0.2) is 6.10 Å². The molecule has 0 spiro atoms. The van der Waals surface area contributed by atoms with Crippen molar-refractivity contribution in [2.45, 2.75) is 18.8 Å². The van der Waals surface area contributed by atoms with Crippen LogP contribution < -0.4 is 14.4 Å². The third kappa shape index (κ3) is 4.74. The number of hydrogen-bond donors (Lipinski definition) is 1. The van der Waals surface area contributed by atoms with E-state index in [4.69, 9.17) is 9.47 Å². The molecular formula is C25H24N2O6S. The summed E-state index contributed by atoms with van der Waals surface area (Å²) in [4.78, 5) is 25.1. The molecule has 8 nitrogen and oxygen atoms in total. The number of methoxy groups -OCH3 is 1. The second kappa shape index (κ2) is 9.56. The van der Waals surface area contributed by atoms with E-state index in [1.165, 1.54) is 11.4 Å². The predicted octanol–water partition coefficient (Wildman–Crippen LogP) is 3.52. The molecule has 0 saturated heterocycles. The first kappa shape index (κ1) is 23.3. The zero-order valence-electron chi connectivity index (χ0n) is 18.7. The molecule has 1 N–H and O–H groups in total. The van der Waals surface area contributed by atoms with Crippen LogP contribution in [0.1, 0.15) is 21.5 Å². The third-order valence-corrected chi connectivity index (χ3v) is 7.27. The molecule has 176 valence electrons. The minimum absolute atomic E-state index is 0.187. The molecule has 34 heavy (non-hydrogen) atoms. The van der Waals surface area contributed by atoms with Crippen LogP contribution in [0, 0.1) is 6.92 Å². The smallest absolute Gasteiger partial charge is 0.338 e. The number of rotatable bonds is 6. The Morgan fingerprint density at radius 2 is 1.74 bits per heavy atom. The second-order valence-electron chi connectivity index (χ2n) is 7.81. The normalized spacial score (nSPS) is 15.1. The van der Waals surface area contributed by atoms with Gasteiger partial charge in [0, 0.05) is 5.69 Å². The van der Waals surface area contributed by atoms with Crippen LogP contribution in [0.4, 0.5) is 11.4 Å². The molecule has 1 heterocycles. The van der Waals surface area contributed by atoms with Crippen LogP contribution >= 0.6 is 0 Å². The Labute approximate surface area is 198 Å². The highest BCUT2D eigenvalue weighted by Gasteiger charge is 2.37. The average Bonchev–Trinajstić information content (AvgIpc) is 2.84. The predicted molar refractivity (Wildman–Crippen MR) is 128 cm³/mol. The van der Waals surface area contributed by atoms with Crippen molar-refractivity contribution in [1.82, 2.24) is 0 Å². The Morgan fingerprint density at radius 3 is 2.47 bits per heavy atom. The first-order valence-electron chi connectivity index (χ1n) is 10.6.